The van der Waals surface area contributed by atoms with E-state index in [4.69, 9.17) is 14.9 Å². The Morgan fingerprint density at radius 1 is 0.943 bits per heavy atom. The molecule has 2 heterocycles. The number of rotatable bonds is 7. The molecule has 0 unspecified atom stereocenters. The highest BCUT2D eigenvalue weighted by Crippen LogP contribution is 2.31. The lowest BCUT2D eigenvalue weighted by molar-refractivity contribution is -0.114. The van der Waals surface area contributed by atoms with E-state index in [0.717, 1.165) is 22.4 Å². The molecule has 1 amide bonds. The summed E-state index contributed by atoms with van der Waals surface area (Å²) in [5.74, 6) is 0.985. The predicted octanol–water partition coefficient (Wildman–Crippen LogP) is 5.12. The first-order chi connectivity index (χ1) is 17.1. The summed E-state index contributed by atoms with van der Waals surface area (Å²) in [7, 11) is 0. The number of ether oxygens (including phenoxy) is 2. The number of aryl methyl sites for hydroxylation is 1. The van der Waals surface area contributed by atoms with Crippen molar-refractivity contribution in [2.24, 2.45) is 10.1 Å². The summed E-state index contributed by atoms with van der Waals surface area (Å²) in [5, 5.41) is 15.6. The van der Waals surface area contributed by atoms with Crippen molar-refractivity contribution in [2.45, 2.75) is 6.92 Å². The second-order valence-electron chi connectivity index (χ2n) is 7.88. The minimum absolute atomic E-state index is 0.00342. The fraction of sp³-hybridized carbons (Fsp3) is 0.111. The molecule has 3 aromatic rings. The van der Waals surface area contributed by atoms with Gasteiger partial charge in [-0.3, -0.25) is 10.2 Å². The number of carbonyl (C=O) groups is 1. The highest BCUT2D eigenvalue weighted by molar-refractivity contribution is 8.27. The van der Waals surface area contributed by atoms with E-state index >= 15 is 0 Å². The van der Waals surface area contributed by atoms with Gasteiger partial charge in [-0.15, -0.1) is 0 Å². The van der Waals surface area contributed by atoms with Gasteiger partial charge in [-0.1, -0.05) is 54.6 Å². The maximum absolute atomic E-state index is 12.7. The number of thioether (sulfide) groups is 1. The summed E-state index contributed by atoms with van der Waals surface area (Å²) in [6, 6.07) is 24.8. The molecule has 35 heavy (non-hydrogen) atoms. The average molecular weight is 483 g/mol. The van der Waals surface area contributed by atoms with Gasteiger partial charge in [-0.2, -0.15) is 15.1 Å². The van der Waals surface area contributed by atoms with Gasteiger partial charge in [-0.25, -0.2) is 0 Å². The van der Waals surface area contributed by atoms with Crippen LogP contribution in [0, 0.1) is 12.3 Å². The summed E-state index contributed by atoms with van der Waals surface area (Å²) in [6.07, 6.45) is 1.64. The first-order valence-corrected chi connectivity index (χ1v) is 11.9. The number of hydrogen-bond donors (Lipinski definition) is 1. The monoisotopic (exact) mass is 482 g/mol. The van der Waals surface area contributed by atoms with Crippen molar-refractivity contribution < 1.29 is 14.3 Å². The first-order valence-electron chi connectivity index (χ1n) is 11.0. The third-order valence-electron chi connectivity index (χ3n) is 5.25. The fourth-order valence-corrected chi connectivity index (χ4v) is 4.47. The van der Waals surface area contributed by atoms with Gasteiger partial charge in [0.15, 0.2) is 5.84 Å². The number of amidine groups is 2. The van der Waals surface area contributed by atoms with Crippen LogP contribution >= 0.6 is 11.8 Å². The van der Waals surface area contributed by atoms with E-state index in [2.05, 4.69) is 10.1 Å². The minimum Gasteiger partial charge on any atom is -0.490 e. The molecule has 7 nitrogen and oxygen atoms in total. The standard InChI is InChI=1S/C27H22N4O3S/c1-18-7-5-11-21(15-18)33-13-14-34-22-12-6-8-19(16-22)17-23-24(28)31-27(29-25(23)32)35-26(30-31)20-9-3-2-4-10-20/h2-12,15-17,28H,13-14H2,1H3/b23-17-,28-24?. The number of benzene rings is 3. The third-order valence-corrected chi connectivity index (χ3v) is 6.21. The topological polar surface area (TPSA) is 87.3 Å². The van der Waals surface area contributed by atoms with Crippen molar-refractivity contribution in [1.82, 2.24) is 5.01 Å². The molecule has 2 aliphatic rings. The lowest BCUT2D eigenvalue weighted by atomic mass is 10.1. The van der Waals surface area contributed by atoms with Crippen LogP contribution in [-0.2, 0) is 4.79 Å². The van der Waals surface area contributed by atoms with Gasteiger partial charge in [0.25, 0.3) is 5.91 Å². The van der Waals surface area contributed by atoms with Crippen molar-refractivity contribution >= 4 is 39.8 Å². The highest BCUT2D eigenvalue weighted by Gasteiger charge is 2.35. The highest BCUT2D eigenvalue weighted by atomic mass is 32.2. The normalized spacial score (nSPS) is 16.1. The molecule has 8 heteroatoms. The van der Waals surface area contributed by atoms with E-state index in [9.17, 15) is 4.79 Å². The number of nitrogens with one attached hydrogen (secondary N) is 1. The van der Waals surface area contributed by atoms with Gasteiger partial charge in [0, 0.05) is 5.56 Å². The molecule has 0 atom stereocenters. The van der Waals surface area contributed by atoms with E-state index in [1.165, 1.54) is 16.8 Å². The Morgan fingerprint density at radius 2 is 1.66 bits per heavy atom. The number of carbonyl (C=O) groups excluding carboxylic acids is 1. The summed E-state index contributed by atoms with van der Waals surface area (Å²) >= 11 is 1.28. The lowest BCUT2D eigenvalue weighted by Crippen LogP contribution is -2.35. The molecular formula is C27H22N4O3S. The number of aliphatic imine (C=N–C) groups is 1. The Morgan fingerprint density at radius 3 is 2.40 bits per heavy atom. The van der Waals surface area contributed by atoms with Gasteiger partial charge in [-0.05, 0) is 60.2 Å². The maximum Gasteiger partial charge on any atom is 0.283 e. The Kier molecular flexibility index (Phi) is 6.45. The molecule has 0 aliphatic carbocycles. The van der Waals surface area contributed by atoms with Crippen molar-refractivity contribution in [2.75, 3.05) is 13.2 Å². The molecule has 0 saturated heterocycles. The van der Waals surface area contributed by atoms with Gasteiger partial charge in [0.2, 0.25) is 5.17 Å². The van der Waals surface area contributed by atoms with Gasteiger partial charge in [0.1, 0.15) is 29.8 Å². The van der Waals surface area contributed by atoms with E-state index in [1.807, 2.05) is 85.8 Å². The first kappa shape index (κ1) is 22.6. The summed E-state index contributed by atoms with van der Waals surface area (Å²) in [4.78, 5) is 16.9. The SMILES string of the molecule is Cc1cccc(OCCOc2cccc(/C=C3/C(=N)N4N=C(c5ccccc5)SC4=NC3=O)c2)c1. The lowest BCUT2D eigenvalue weighted by Gasteiger charge is -2.20. The van der Waals surface area contributed by atoms with E-state index < -0.39 is 5.91 Å². The minimum atomic E-state index is -0.462. The molecule has 5 rings (SSSR count). The third kappa shape index (κ3) is 5.17. The molecule has 1 N–H and O–H groups in total. The van der Waals surface area contributed by atoms with Crippen LogP contribution in [0.3, 0.4) is 0 Å². The van der Waals surface area contributed by atoms with Crippen molar-refractivity contribution in [3.63, 3.8) is 0 Å². The fourth-order valence-electron chi connectivity index (χ4n) is 3.57. The van der Waals surface area contributed by atoms with Crippen LogP contribution in [0.2, 0.25) is 0 Å². The second-order valence-corrected chi connectivity index (χ2v) is 8.83. The Balaban J connectivity index is 1.26. The molecule has 0 spiro atoms. The number of hydrogen-bond acceptors (Lipinski definition) is 6. The van der Waals surface area contributed by atoms with Crippen LogP contribution < -0.4 is 9.47 Å². The summed E-state index contributed by atoms with van der Waals surface area (Å²) in [5.41, 5.74) is 2.95. The molecule has 0 radical (unpaired) electrons. The number of nitrogens with zero attached hydrogens (tertiary/aromatic N) is 3. The van der Waals surface area contributed by atoms with Crippen molar-refractivity contribution in [3.05, 3.63) is 101 Å². The zero-order valence-electron chi connectivity index (χ0n) is 19.0. The van der Waals surface area contributed by atoms with Crippen molar-refractivity contribution in [1.29, 1.82) is 5.41 Å². The van der Waals surface area contributed by atoms with E-state index in [1.54, 1.807) is 6.08 Å². The smallest absolute Gasteiger partial charge is 0.283 e. The number of fused-ring (bicyclic) bond motifs is 1. The van der Waals surface area contributed by atoms with E-state index in [-0.39, 0.29) is 11.4 Å². The van der Waals surface area contributed by atoms with Crippen LogP contribution in [0.5, 0.6) is 11.5 Å². The number of hydrazone groups is 1. The predicted molar refractivity (Wildman–Crippen MR) is 139 cm³/mol. The van der Waals surface area contributed by atoms with Crippen LogP contribution in [0.15, 0.2) is 94.5 Å². The molecule has 2 aliphatic heterocycles. The molecule has 3 aromatic carbocycles. The summed E-state index contributed by atoms with van der Waals surface area (Å²) in [6.45, 7) is 2.80. The Bertz CT molecular complexity index is 1380. The Labute approximate surface area is 207 Å². The molecular weight excluding hydrogens is 460 g/mol. The molecule has 0 fully saturated rings. The zero-order chi connectivity index (χ0) is 24.2. The van der Waals surface area contributed by atoms with Crippen LogP contribution in [0.4, 0.5) is 0 Å². The largest absolute Gasteiger partial charge is 0.490 e. The van der Waals surface area contributed by atoms with Crippen LogP contribution in [0.25, 0.3) is 6.08 Å². The Hall–Kier alpha value is -4.17. The van der Waals surface area contributed by atoms with Crippen molar-refractivity contribution in [3.8, 4) is 11.5 Å². The number of amides is 1. The van der Waals surface area contributed by atoms with Gasteiger partial charge in [0.05, 0.1) is 5.57 Å². The molecule has 0 aromatic heterocycles. The van der Waals surface area contributed by atoms with Gasteiger partial charge < -0.3 is 9.47 Å². The zero-order valence-corrected chi connectivity index (χ0v) is 19.8. The molecule has 0 saturated carbocycles. The summed E-state index contributed by atoms with van der Waals surface area (Å²) < 4.78 is 11.5. The molecule has 0 bridgehead atoms. The second kappa shape index (κ2) is 9.99. The van der Waals surface area contributed by atoms with E-state index in [0.29, 0.717) is 29.2 Å². The van der Waals surface area contributed by atoms with Gasteiger partial charge >= 0.3 is 0 Å². The van der Waals surface area contributed by atoms with Crippen LogP contribution in [0.1, 0.15) is 16.7 Å². The average Bonchev–Trinajstić information content (AvgIpc) is 3.30. The maximum atomic E-state index is 12.7. The quantitative estimate of drug-likeness (QED) is 0.373. The molecule has 174 valence electrons. The van der Waals surface area contributed by atoms with Crippen LogP contribution in [-0.4, -0.2) is 40.2 Å².